The van der Waals surface area contributed by atoms with Crippen molar-refractivity contribution in [3.63, 3.8) is 0 Å². The first-order valence-corrected chi connectivity index (χ1v) is 13.8. The maximum atomic E-state index is 14.8. The van der Waals surface area contributed by atoms with Crippen molar-refractivity contribution in [2.45, 2.75) is 17.8 Å². The molecule has 2 amide bonds. The van der Waals surface area contributed by atoms with Gasteiger partial charge in [0.25, 0.3) is 11.8 Å². The molecule has 8 heteroatoms. The van der Waals surface area contributed by atoms with Crippen molar-refractivity contribution >= 4 is 51.5 Å². The highest BCUT2D eigenvalue weighted by molar-refractivity contribution is 6.36. The Kier molecular flexibility index (Phi) is 6.76. The molecule has 2 aliphatic rings. The number of imide groups is 1. The summed E-state index contributed by atoms with van der Waals surface area (Å²) in [5.41, 5.74) is 3.82. The van der Waals surface area contributed by atoms with Gasteiger partial charge in [-0.25, -0.2) is 0 Å². The number of amides is 2. The maximum absolute atomic E-state index is 14.8. The summed E-state index contributed by atoms with van der Waals surface area (Å²) >= 11 is 12.5. The lowest BCUT2D eigenvalue weighted by atomic mass is 9.56. The van der Waals surface area contributed by atoms with Gasteiger partial charge in [0, 0.05) is 21.9 Å². The number of nitrogens with one attached hydrogen (secondary N) is 1. The van der Waals surface area contributed by atoms with E-state index in [2.05, 4.69) is 12.0 Å². The molecule has 2 N–H and O–H groups in total. The molecule has 0 saturated carbocycles. The number of carbonyl (C=O) groups excluding carboxylic acids is 2. The monoisotopic (exact) mass is 584 g/mol. The fourth-order valence-corrected chi connectivity index (χ4v) is 6.78. The molecule has 0 radical (unpaired) electrons. The Labute approximate surface area is 247 Å². The third-order valence-corrected chi connectivity index (χ3v) is 8.76. The number of phenols is 1. The summed E-state index contributed by atoms with van der Waals surface area (Å²) in [6.07, 6.45) is 3.93. The van der Waals surface area contributed by atoms with Gasteiger partial charge in [-0.3, -0.25) is 15.0 Å². The predicted octanol–water partition coefficient (Wildman–Crippen LogP) is 7.41. The number of phenolic OH excluding ortho intramolecular Hbond substituents is 1. The van der Waals surface area contributed by atoms with Crippen LogP contribution in [-0.4, -0.2) is 29.0 Å². The number of rotatable bonds is 6. The second kappa shape index (κ2) is 10.3. The van der Waals surface area contributed by atoms with Crippen LogP contribution in [0, 0.1) is 5.92 Å². The fourth-order valence-electron chi connectivity index (χ4n) is 6.33. The lowest BCUT2D eigenvalue weighted by Crippen LogP contribution is -2.48. The highest BCUT2D eigenvalue weighted by Gasteiger charge is 2.66. The highest BCUT2D eigenvalue weighted by Crippen LogP contribution is 2.59. The standard InChI is InChI=1S/C33H26Cl2N2O4/c1-3-19-9-16-26-31(39)37(36-28-17-12-22(34)18-27(28)35)32(40)33(26,21-10-13-23(41-2)14-11-21)29(19)25-15-8-20-6-4-5-7-24(20)30(25)38/h3-15,17-18,26,29,36,38H,1,16H2,2H3. The van der Waals surface area contributed by atoms with E-state index in [1.807, 2.05) is 54.6 Å². The number of hydrogen-bond donors (Lipinski definition) is 2. The molecule has 0 bridgehead atoms. The van der Waals surface area contributed by atoms with E-state index in [0.29, 0.717) is 39.4 Å². The van der Waals surface area contributed by atoms with Crippen molar-refractivity contribution in [3.05, 3.63) is 124 Å². The summed E-state index contributed by atoms with van der Waals surface area (Å²) in [4.78, 5) is 29.0. The number of carbonyl (C=O) groups is 2. The van der Waals surface area contributed by atoms with Gasteiger partial charge in [0.05, 0.1) is 29.2 Å². The van der Waals surface area contributed by atoms with E-state index < -0.39 is 29.1 Å². The molecule has 0 aromatic heterocycles. The predicted molar refractivity (Wildman–Crippen MR) is 161 cm³/mol. The average Bonchev–Trinajstić information content (AvgIpc) is 3.20. The number of halogens is 2. The molecule has 41 heavy (non-hydrogen) atoms. The quantitative estimate of drug-likeness (QED) is 0.231. The Morgan fingerprint density at radius 2 is 1.80 bits per heavy atom. The minimum absolute atomic E-state index is 0.0572. The smallest absolute Gasteiger partial charge is 0.260 e. The van der Waals surface area contributed by atoms with Gasteiger partial charge in [-0.2, -0.15) is 5.01 Å². The largest absolute Gasteiger partial charge is 0.507 e. The van der Waals surface area contributed by atoms with Crippen LogP contribution < -0.4 is 10.2 Å². The van der Waals surface area contributed by atoms with Crippen LogP contribution in [0.4, 0.5) is 5.69 Å². The molecule has 1 saturated heterocycles. The number of anilines is 1. The first-order chi connectivity index (χ1) is 19.8. The molecule has 3 unspecified atom stereocenters. The molecule has 3 atom stereocenters. The number of fused-ring (bicyclic) bond motifs is 2. The zero-order valence-electron chi connectivity index (χ0n) is 22.1. The van der Waals surface area contributed by atoms with Gasteiger partial charge in [0.2, 0.25) is 0 Å². The summed E-state index contributed by atoms with van der Waals surface area (Å²) in [6, 6.07) is 23.2. The Morgan fingerprint density at radius 3 is 2.51 bits per heavy atom. The van der Waals surface area contributed by atoms with E-state index in [1.165, 1.54) is 6.07 Å². The summed E-state index contributed by atoms with van der Waals surface area (Å²) in [6.45, 7) is 4.04. The van der Waals surface area contributed by atoms with Crippen molar-refractivity contribution in [1.82, 2.24) is 5.01 Å². The summed E-state index contributed by atoms with van der Waals surface area (Å²) in [5.74, 6) is -1.69. The number of methoxy groups -OCH3 is 1. The molecule has 4 aromatic rings. The van der Waals surface area contributed by atoms with Gasteiger partial charge in [0.15, 0.2) is 0 Å². The molecule has 4 aromatic carbocycles. The van der Waals surface area contributed by atoms with E-state index in [0.717, 1.165) is 16.0 Å². The third kappa shape index (κ3) is 4.09. The third-order valence-electron chi connectivity index (χ3n) is 8.21. The van der Waals surface area contributed by atoms with E-state index >= 15 is 0 Å². The Hall–Kier alpha value is -4.26. The van der Waals surface area contributed by atoms with Gasteiger partial charge in [0.1, 0.15) is 11.5 Å². The minimum atomic E-state index is -1.41. The SMILES string of the molecule is C=CC1=CCC2C(=O)N(Nc3ccc(Cl)cc3Cl)C(=O)C2(c2ccc(OC)cc2)C1c1ccc2ccccc2c1O. The number of nitrogens with zero attached hydrogens (tertiary/aromatic N) is 1. The van der Waals surface area contributed by atoms with Crippen molar-refractivity contribution in [2.75, 3.05) is 12.5 Å². The topological polar surface area (TPSA) is 78.9 Å². The highest BCUT2D eigenvalue weighted by atomic mass is 35.5. The fraction of sp³-hybridized carbons (Fsp3) is 0.152. The lowest BCUT2D eigenvalue weighted by molar-refractivity contribution is -0.138. The van der Waals surface area contributed by atoms with Crippen LogP contribution in [0.3, 0.4) is 0 Å². The number of hydrogen-bond acceptors (Lipinski definition) is 5. The van der Waals surface area contributed by atoms with Crippen LogP contribution in [-0.2, 0) is 15.0 Å². The Bertz CT molecular complexity index is 1750. The molecular formula is C33H26Cl2N2O4. The van der Waals surface area contributed by atoms with Crippen LogP contribution in [0.2, 0.25) is 10.0 Å². The summed E-state index contributed by atoms with van der Waals surface area (Å²) in [7, 11) is 1.57. The summed E-state index contributed by atoms with van der Waals surface area (Å²) in [5, 5.41) is 14.9. The second-order valence-electron chi connectivity index (χ2n) is 10.2. The van der Waals surface area contributed by atoms with Crippen molar-refractivity contribution < 1.29 is 19.4 Å². The van der Waals surface area contributed by atoms with Gasteiger partial charge in [-0.15, -0.1) is 0 Å². The first kappa shape index (κ1) is 26.9. The molecule has 1 aliphatic carbocycles. The summed E-state index contributed by atoms with van der Waals surface area (Å²) < 4.78 is 5.39. The van der Waals surface area contributed by atoms with Gasteiger partial charge in [-0.1, -0.05) is 90.5 Å². The van der Waals surface area contributed by atoms with Gasteiger partial charge >= 0.3 is 0 Å². The zero-order valence-corrected chi connectivity index (χ0v) is 23.6. The van der Waals surface area contributed by atoms with Crippen molar-refractivity contribution in [1.29, 1.82) is 0 Å². The van der Waals surface area contributed by atoms with Crippen LogP contribution in [0.15, 0.2) is 103 Å². The number of ether oxygens (including phenoxy) is 1. The van der Waals surface area contributed by atoms with E-state index in [4.69, 9.17) is 27.9 Å². The van der Waals surface area contributed by atoms with Crippen molar-refractivity contribution in [3.8, 4) is 11.5 Å². The number of benzene rings is 4. The molecule has 1 fully saturated rings. The molecule has 1 heterocycles. The van der Waals surface area contributed by atoms with Crippen LogP contribution in [0.1, 0.15) is 23.5 Å². The number of aromatic hydroxyl groups is 1. The molecule has 6 rings (SSSR count). The Balaban J connectivity index is 1.60. The Morgan fingerprint density at radius 1 is 1.05 bits per heavy atom. The van der Waals surface area contributed by atoms with E-state index in [-0.39, 0.29) is 10.8 Å². The first-order valence-electron chi connectivity index (χ1n) is 13.1. The minimum Gasteiger partial charge on any atom is -0.507 e. The van der Waals surface area contributed by atoms with E-state index in [1.54, 1.807) is 37.5 Å². The normalized spacial score (nSPS) is 21.9. The van der Waals surface area contributed by atoms with Crippen LogP contribution in [0.25, 0.3) is 10.8 Å². The maximum Gasteiger partial charge on any atom is 0.260 e. The van der Waals surface area contributed by atoms with E-state index in [9.17, 15) is 14.7 Å². The molecular weight excluding hydrogens is 559 g/mol. The zero-order chi connectivity index (χ0) is 28.9. The van der Waals surface area contributed by atoms with Gasteiger partial charge < -0.3 is 9.84 Å². The van der Waals surface area contributed by atoms with Crippen LogP contribution in [0.5, 0.6) is 11.5 Å². The molecule has 0 spiro atoms. The molecule has 1 aliphatic heterocycles. The van der Waals surface area contributed by atoms with Crippen molar-refractivity contribution in [2.24, 2.45) is 5.92 Å². The van der Waals surface area contributed by atoms with Gasteiger partial charge in [-0.05, 0) is 53.3 Å². The molecule has 206 valence electrons. The average molecular weight is 585 g/mol. The number of allylic oxidation sites excluding steroid dienone is 3. The second-order valence-corrected chi connectivity index (χ2v) is 11.0. The van der Waals surface area contributed by atoms with Crippen LogP contribution >= 0.6 is 23.2 Å². The lowest BCUT2D eigenvalue weighted by Gasteiger charge is -2.43. The number of hydrazine groups is 1. The molecule has 6 nitrogen and oxygen atoms in total.